The lowest BCUT2D eigenvalue weighted by molar-refractivity contribution is -0.0949. The van der Waals surface area contributed by atoms with E-state index >= 15 is 0 Å². The highest BCUT2D eigenvalue weighted by Crippen LogP contribution is 2.45. The lowest BCUT2D eigenvalue weighted by atomic mass is 9.85. The van der Waals surface area contributed by atoms with Crippen LogP contribution in [0.4, 0.5) is 0 Å². The molecule has 150 valence electrons. The van der Waals surface area contributed by atoms with Gasteiger partial charge in [-0.1, -0.05) is 6.92 Å². The van der Waals surface area contributed by atoms with Crippen LogP contribution in [0.3, 0.4) is 0 Å². The normalized spacial score (nSPS) is 25.3. The molecule has 27 heavy (non-hydrogen) atoms. The molecule has 1 amide bonds. The van der Waals surface area contributed by atoms with Crippen molar-refractivity contribution in [2.24, 2.45) is 0 Å². The number of piperidine rings is 1. The molecule has 0 aromatic carbocycles. The minimum absolute atomic E-state index is 0.0437. The number of nitrogens with zero attached hydrogens (tertiary/aromatic N) is 1. The predicted octanol–water partition coefficient (Wildman–Crippen LogP) is 3.32. The van der Waals surface area contributed by atoms with Gasteiger partial charge in [-0.25, -0.2) is 0 Å². The number of hydrogen-bond donors (Lipinski definition) is 1. The minimum atomic E-state index is -0.159. The van der Waals surface area contributed by atoms with E-state index in [0.29, 0.717) is 6.54 Å². The highest BCUT2D eigenvalue weighted by Gasteiger charge is 2.42. The second-order valence-electron chi connectivity index (χ2n) is 8.10. The molecule has 3 aliphatic rings. The predicted molar refractivity (Wildman–Crippen MR) is 108 cm³/mol. The van der Waals surface area contributed by atoms with Gasteiger partial charge in [-0.2, -0.15) is 0 Å². The third-order valence-corrected chi connectivity index (χ3v) is 7.53. The Labute approximate surface area is 166 Å². The lowest BCUT2D eigenvalue weighted by Crippen LogP contribution is -2.46. The van der Waals surface area contributed by atoms with Crippen molar-refractivity contribution in [1.82, 2.24) is 10.2 Å². The van der Waals surface area contributed by atoms with E-state index in [1.165, 1.54) is 29.8 Å². The van der Waals surface area contributed by atoms with Gasteiger partial charge in [0.15, 0.2) is 0 Å². The molecule has 0 saturated carbocycles. The number of nitrogens with one attached hydrogen (secondary N) is 1. The Balaban J connectivity index is 1.42. The van der Waals surface area contributed by atoms with E-state index in [0.717, 1.165) is 63.3 Å². The first-order chi connectivity index (χ1) is 13.2. The molecular formula is C21H32N2O3S. The van der Waals surface area contributed by atoms with Gasteiger partial charge in [0.25, 0.3) is 5.91 Å². The molecule has 1 atom stereocenters. The van der Waals surface area contributed by atoms with E-state index in [2.05, 4.69) is 23.2 Å². The van der Waals surface area contributed by atoms with Crippen LogP contribution in [-0.2, 0) is 21.5 Å². The third-order valence-electron chi connectivity index (χ3n) is 6.16. The standard InChI is InChI=1S/C21H32N2O3S/c1-2-9-23-10-7-21(8-11-23)19-16(6-13-26-21)14-18(27-19)20(24)22-15-17-5-3-4-12-25-17/h14,17H,2-13,15H2,1H3,(H,22,24). The molecule has 1 aromatic heterocycles. The van der Waals surface area contributed by atoms with Crippen molar-refractivity contribution in [3.05, 3.63) is 21.4 Å². The fourth-order valence-corrected chi connectivity index (χ4v) is 5.95. The summed E-state index contributed by atoms with van der Waals surface area (Å²) in [7, 11) is 0. The van der Waals surface area contributed by atoms with E-state index in [-0.39, 0.29) is 17.6 Å². The van der Waals surface area contributed by atoms with Gasteiger partial charge < -0.3 is 19.7 Å². The monoisotopic (exact) mass is 392 g/mol. The second kappa shape index (κ2) is 8.60. The molecule has 5 nitrogen and oxygen atoms in total. The molecule has 1 N–H and O–H groups in total. The van der Waals surface area contributed by atoms with Gasteiger partial charge in [-0.05, 0) is 63.1 Å². The van der Waals surface area contributed by atoms with Crippen LogP contribution in [0.5, 0.6) is 0 Å². The zero-order chi connectivity index (χ0) is 18.7. The van der Waals surface area contributed by atoms with E-state index in [4.69, 9.17) is 9.47 Å². The van der Waals surface area contributed by atoms with Gasteiger partial charge in [0.2, 0.25) is 0 Å². The molecule has 3 aliphatic heterocycles. The molecule has 0 bridgehead atoms. The van der Waals surface area contributed by atoms with Gasteiger partial charge >= 0.3 is 0 Å². The lowest BCUT2D eigenvalue weighted by Gasteiger charge is -2.43. The van der Waals surface area contributed by atoms with Crippen molar-refractivity contribution in [3.63, 3.8) is 0 Å². The Morgan fingerprint density at radius 3 is 2.93 bits per heavy atom. The summed E-state index contributed by atoms with van der Waals surface area (Å²) in [6.07, 6.45) is 7.76. The molecule has 1 aromatic rings. The molecule has 0 aliphatic carbocycles. The molecule has 4 heterocycles. The first-order valence-corrected chi connectivity index (χ1v) is 11.4. The molecule has 4 rings (SSSR count). The summed E-state index contributed by atoms with van der Waals surface area (Å²) < 4.78 is 12.1. The van der Waals surface area contributed by atoms with Gasteiger partial charge in [0.05, 0.1) is 17.6 Å². The Morgan fingerprint density at radius 2 is 2.19 bits per heavy atom. The Bertz CT molecular complexity index is 646. The van der Waals surface area contributed by atoms with Gasteiger partial charge in [-0.15, -0.1) is 11.3 Å². The third kappa shape index (κ3) is 4.24. The van der Waals surface area contributed by atoms with E-state index in [1.54, 1.807) is 11.3 Å². The van der Waals surface area contributed by atoms with Gasteiger partial charge in [0.1, 0.15) is 5.60 Å². The van der Waals surface area contributed by atoms with E-state index in [1.807, 2.05) is 0 Å². The van der Waals surface area contributed by atoms with Crippen molar-refractivity contribution >= 4 is 17.2 Å². The summed E-state index contributed by atoms with van der Waals surface area (Å²) in [5, 5.41) is 3.09. The smallest absolute Gasteiger partial charge is 0.261 e. The maximum atomic E-state index is 12.7. The number of carbonyl (C=O) groups excluding carboxylic acids is 1. The summed E-state index contributed by atoms with van der Waals surface area (Å²) in [4.78, 5) is 17.4. The maximum Gasteiger partial charge on any atom is 0.261 e. The summed E-state index contributed by atoms with van der Waals surface area (Å²) in [5.74, 6) is 0.0437. The number of fused-ring (bicyclic) bond motifs is 2. The first-order valence-electron chi connectivity index (χ1n) is 10.6. The fraction of sp³-hybridized carbons (Fsp3) is 0.762. The zero-order valence-corrected chi connectivity index (χ0v) is 17.2. The summed E-state index contributed by atoms with van der Waals surface area (Å²) in [6, 6.07) is 2.11. The van der Waals surface area contributed by atoms with Crippen LogP contribution < -0.4 is 5.32 Å². The van der Waals surface area contributed by atoms with Crippen molar-refractivity contribution in [2.45, 2.75) is 63.6 Å². The van der Waals surface area contributed by atoms with Gasteiger partial charge in [-0.3, -0.25) is 4.79 Å². The molecule has 2 saturated heterocycles. The van der Waals surface area contributed by atoms with Crippen LogP contribution in [-0.4, -0.2) is 56.3 Å². The first kappa shape index (κ1) is 19.4. The molecule has 2 fully saturated rings. The van der Waals surface area contributed by atoms with E-state index < -0.39 is 0 Å². The average Bonchev–Trinajstić information content (AvgIpc) is 3.15. The Kier molecular flexibility index (Phi) is 6.17. The van der Waals surface area contributed by atoms with Crippen LogP contribution in [0, 0.1) is 0 Å². The number of thiophene rings is 1. The number of likely N-dealkylation sites (tertiary alicyclic amines) is 1. The molecule has 1 spiro atoms. The SMILES string of the molecule is CCCN1CCC2(CC1)OCCc1cc(C(=O)NCC3CCCCO3)sc12. The number of rotatable bonds is 5. The number of carbonyl (C=O) groups is 1. The zero-order valence-electron chi connectivity index (χ0n) is 16.4. The Morgan fingerprint density at radius 1 is 1.33 bits per heavy atom. The molecule has 1 unspecified atom stereocenters. The number of hydrogen-bond acceptors (Lipinski definition) is 5. The van der Waals surface area contributed by atoms with Crippen LogP contribution in [0.15, 0.2) is 6.07 Å². The maximum absolute atomic E-state index is 12.7. The second-order valence-corrected chi connectivity index (χ2v) is 9.15. The van der Waals surface area contributed by atoms with E-state index in [9.17, 15) is 4.79 Å². The average molecular weight is 393 g/mol. The summed E-state index contributed by atoms with van der Waals surface area (Å²) in [5.41, 5.74) is 1.17. The molecular weight excluding hydrogens is 360 g/mol. The number of amides is 1. The van der Waals surface area contributed by atoms with Crippen LogP contribution in [0.2, 0.25) is 0 Å². The largest absolute Gasteiger partial charge is 0.376 e. The van der Waals surface area contributed by atoms with Gasteiger partial charge in [0, 0.05) is 31.1 Å². The topological polar surface area (TPSA) is 50.8 Å². The highest BCUT2D eigenvalue weighted by molar-refractivity contribution is 7.14. The van der Waals surface area contributed by atoms with Crippen molar-refractivity contribution in [1.29, 1.82) is 0 Å². The van der Waals surface area contributed by atoms with Crippen LogP contribution >= 0.6 is 11.3 Å². The minimum Gasteiger partial charge on any atom is -0.376 e. The summed E-state index contributed by atoms with van der Waals surface area (Å²) >= 11 is 1.65. The fourth-order valence-electron chi connectivity index (χ4n) is 4.62. The van der Waals surface area contributed by atoms with Crippen molar-refractivity contribution < 1.29 is 14.3 Å². The van der Waals surface area contributed by atoms with Crippen molar-refractivity contribution in [3.8, 4) is 0 Å². The molecule has 0 radical (unpaired) electrons. The Hall–Kier alpha value is -0.950. The highest BCUT2D eigenvalue weighted by atomic mass is 32.1. The quantitative estimate of drug-likeness (QED) is 0.835. The number of ether oxygens (including phenoxy) is 2. The van der Waals surface area contributed by atoms with Crippen LogP contribution in [0.1, 0.15) is 65.6 Å². The summed E-state index contributed by atoms with van der Waals surface area (Å²) in [6.45, 7) is 7.80. The van der Waals surface area contributed by atoms with Crippen molar-refractivity contribution in [2.75, 3.05) is 39.4 Å². The molecule has 6 heteroatoms. The van der Waals surface area contributed by atoms with Crippen LogP contribution in [0.25, 0.3) is 0 Å².